The lowest BCUT2D eigenvalue weighted by molar-refractivity contribution is 0.242. The van der Waals surface area contributed by atoms with E-state index in [1.165, 1.54) is 26.5 Å². The molecule has 0 aromatic heterocycles. The van der Waals surface area contributed by atoms with Gasteiger partial charge in [0.05, 0.1) is 8.61 Å². The Morgan fingerprint density at radius 3 is 2.45 bits per heavy atom. The molecule has 3 rings (SSSR count). The Labute approximate surface area is 154 Å². The van der Waals surface area contributed by atoms with Gasteiger partial charge in [0.25, 0.3) is 0 Å². The van der Waals surface area contributed by atoms with Crippen LogP contribution in [-0.4, -0.2) is 24.4 Å². The lowest BCUT2D eigenvalue weighted by atomic mass is 9.60. The molecular weight excluding hydrogens is 434 g/mol. The first-order valence-electron chi connectivity index (χ1n) is 7.34. The van der Waals surface area contributed by atoms with Crippen molar-refractivity contribution in [2.45, 2.75) is 27.7 Å². The summed E-state index contributed by atoms with van der Waals surface area (Å²) in [7, 11) is 3.84. The Kier molecular flexibility index (Phi) is 4.16. The van der Waals surface area contributed by atoms with E-state index < -0.39 is 0 Å². The van der Waals surface area contributed by atoms with Crippen molar-refractivity contribution in [3.63, 3.8) is 0 Å². The summed E-state index contributed by atoms with van der Waals surface area (Å²) < 4.78 is 4.86. The molecule has 1 aromatic carbocycles. The molecule has 1 nitrogen and oxygen atoms in total. The van der Waals surface area contributed by atoms with Crippen LogP contribution in [0.4, 0.5) is 5.69 Å². The Bertz CT molecular complexity index is 745. The van der Waals surface area contributed by atoms with Crippen LogP contribution in [-0.2, 0) is 0 Å². The predicted molar refractivity (Wildman–Crippen MR) is 106 cm³/mol. The zero-order chi connectivity index (χ0) is 16.3. The summed E-state index contributed by atoms with van der Waals surface area (Å²) in [5, 5.41) is 1.51. The van der Waals surface area contributed by atoms with Crippen molar-refractivity contribution >= 4 is 60.5 Å². The Balaban J connectivity index is 2.40. The van der Waals surface area contributed by atoms with Gasteiger partial charge < -0.3 is 4.57 Å². The smallest absolute Gasteiger partial charge is 0.134 e. The fraction of sp³-hybridized carbons (Fsp3) is 0.412. The fourth-order valence-electron chi connectivity index (χ4n) is 3.12. The first-order valence-corrected chi connectivity index (χ1v) is 11.9. The molecule has 0 fully saturated rings. The number of halogens is 2. The molecule has 0 spiro atoms. The van der Waals surface area contributed by atoms with E-state index in [2.05, 4.69) is 95.4 Å². The normalized spacial score (nSPS) is 22.0. The van der Waals surface area contributed by atoms with Crippen LogP contribution in [0.25, 0.3) is 5.57 Å². The number of nitrogens with zero attached hydrogens (tertiary/aromatic N) is 1. The van der Waals surface area contributed by atoms with Crippen molar-refractivity contribution in [2.75, 3.05) is 11.6 Å². The molecule has 0 unspecified atom stereocenters. The molecule has 2 radical (unpaired) electrons. The van der Waals surface area contributed by atoms with E-state index >= 15 is 0 Å². The summed E-state index contributed by atoms with van der Waals surface area (Å²) in [6.07, 6.45) is 2.41. The molecule has 22 heavy (non-hydrogen) atoms. The van der Waals surface area contributed by atoms with Crippen molar-refractivity contribution in [1.29, 1.82) is 0 Å². The maximum Gasteiger partial charge on any atom is 0.134 e. The Morgan fingerprint density at radius 2 is 1.77 bits per heavy atom. The molecule has 5 heteroatoms. The molecule has 0 bridgehead atoms. The third-order valence-electron chi connectivity index (χ3n) is 5.15. The summed E-state index contributed by atoms with van der Waals surface area (Å²) >= 11 is 7.54. The lowest BCUT2D eigenvalue weighted by Crippen LogP contribution is -2.35. The highest BCUT2D eigenvalue weighted by Gasteiger charge is 2.44. The van der Waals surface area contributed by atoms with Crippen molar-refractivity contribution < 1.29 is 0 Å². The van der Waals surface area contributed by atoms with Crippen molar-refractivity contribution in [1.82, 2.24) is 0 Å². The van der Waals surface area contributed by atoms with Gasteiger partial charge in [0.2, 0.25) is 0 Å². The molecule has 1 aliphatic carbocycles. The third-order valence-corrected chi connectivity index (χ3v) is 10.2. The van der Waals surface area contributed by atoms with E-state index in [0.717, 1.165) is 21.9 Å². The first-order chi connectivity index (χ1) is 10.1. The van der Waals surface area contributed by atoms with E-state index in [1.54, 1.807) is 0 Å². The van der Waals surface area contributed by atoms with Crippen LogP contribution >= 0.6 is 31.9 Å². The summed E-state index contributed by atoms with van der Waals surface area (Å²) in [5.74, 6) is 0. The van der Waals surface area contributed by atoms with Gasteiger partial charge in [0.1, 0.15) is 8.77 Å². The predicted octanol–water partition coefficient (Wildman–Crippen LogP) is 5.19. The SMILES string of the molecule is CN1[Si]=[Si]C2=C(c3cc(Br)ccc31)C(C)(C)C(C)(C)C=C2Br. The summed E-state index contributed by atoms with van der Waals surface area (Å²) in [6.45, 7) is 9.47. The van der Waals surface area contributed by atoms with Crippen LogP contribution in [0.2, 0.25) is 0 Å². The molecule has 0 N–H and O–H groups in total. The van der Waals surface area contributed by atoms with Crippen LogP contribution in [0.3, 0.4) is 0 Å². The van der Waals surface area contributed by atoms with Crippen LogP contribution in [0.1, 0.15) is 33.3 Å². The number of hydrogen-bond acceptors (Lipinski definition) is 1. The molecule has 114 valence electrons. The van der Waals surface area contributed by atoms with Gasteiger partial charge >= 0.3 is 0 Å². The molecule has 0 atom stereocenters. The lowest BCUT2D eigenvalue weighted by Gasteiger charge is -2.46. The highest BCUT2D eigenvalue weighted by Crippen LogP contribution is 2.57. The number of rotatable bonds is 0. The Hall–Kier alpha value is -0.106. The van der Waals surface area contributed by atoms with Crippen LogP contribution in [0.5, 0.6) is 0 Å². The van der Waals surface area contributed by atoms with E-state index in [4.69, 9.17) is 0 Å². The van der Waals surface area contributed by atoms with E-state index in [1.807, 2.05) is 0 Å². The van der Waals surface area contributed by atoms with Crippen LogP contribution < -0.4 is 4.57 Å². The molecule has 2 aliphatic rings. The second-order valence-corrected chi connectivity index (χ2v) is 11.9. The zero-order valence-corrected chi connectivity index (χ0v) is 18.7. The number of fused-ring (bicyclic) bond motifs is 2. The number of hydrogen-bond donors (Lipinski definition) is 0. The Morgan fingerprint density at radius 1 is 1.09 bits per heavy atom. The zero-order valence-electron chi connectivity index (χ0n) is 13.5. The standard InChI is InChI=1S/C17H19Br2NSi2/c1-16(2)9-12(19)15-14(17(16,3)4)11-8-10(18)6-7-13(11)20(5)22-21-15/h6-9H,1-5H3. The monoisotopic (exact) mass is 451 g/mol. The number of allylic oxidation sites excluding steroid dienone is 4. The van der Waals surface area contributed by atoms with Crippen LogP contribution in [0, 0.1) is 10.8 Å². The minimum absolute atomic E-state index is 0.0950. The quantitative estimate of drug-likeness (QED) is 0.489. The average molecular weight is 453 g/mol. The largest absolute Gasteiger partial charge is 0.382 e. The van der Waals surface area contributed by atoms with Gasteiger partial charge in [-0.25, -0.2) is 0 Å². The van der Waals surface area contributed by atoms with Gasteiger partial charge in [-0.05, 0) is 39.8 Å². The third kappa shape index (κ3) is 2.44. The molecular formula is C17H19Br2NSi2. The molecule has 0 saturated carbocycles. The number of benzene rings is 1. The fourth-order valence-corrected chi connectivity index (χ4v) is 8.43. The number of anilines is 1. The van der Waals surface area contributed by atoms with Gasteiger partial charge in [0, 0.05) is 27.3 Å². The van der Waals surface area contributed by atoms with Crippen LogP contribution in [0.15, 0.2) is 38.4 Å². The van der Waals surface area contributed by atoms with Crippen molar-refractivity contribution in [3.05, 3.63) is 44.0 Å². The maximum absolute atomic E-state index is 3.87. The van der Waals surface area contributed by atoms with Gasteiger partial charge in [-0.2, -0.15) is 0 Å². The van der Waals surface area contributed by atoms with E-state index in [-0.39, 0.29) is 10.8 Å². The van der Waals surface area contributed by atoms with E-state index in [0.29, 0.717) is 0 Å². The van der Waals surface area contributed by atoms with Gasteiger partial charge in [0.15, 0.2) is 0 Å². The van der Waals surface area contributed by atoms with Gasteiger partial charge in [-0.1, -0.05) is 65.6 Å². The summed E-state index contributed by atoms with van der Waals surface area (Å²) in [6, 6.07) is 6.70. The van der Waals surface area contributed by atoms with E-state index in [9.17, 15) is 0 Å². The van der Waals surface area contributed by atoms with Crippen molar-refractivity contribution in [3.8, 4) is 0 Å². The summed E-state index contributed by atoms with van der Waals surface area (Å²) in [4.78, 5) is 0. The first kappa shape index (κ1) is 16.7. The summed E-state index contributed by atoms with van der Waals surface area (Å²) in [5.41, 5.74) is 4.45. The minimum Gasteiger partial charge on any atom is -0.382 e. The molecule has 1 heterocycles. The maximum atomic E-state index is 3.87. The van der Waals surface area contributed by atoms with Gasteiger partial charge in [-0.15, -0.1) is 0 Å². The molecule has 1 aromatic rings. The average Bonchev–Trinajstić information content (AvgIpc) is 2.54. The molecule has 1 aliphatic heterocycles. The van der Waals surface area contributed by atoms with Gasteiger partial charge in [-0.3, -0.25) is 0 Å². The highest BCUT2D eigenvalue weighted by atomic mass is 79.9. The highest BCUT2D eigenvalue weighted by molar-refractivity contribution is 9.12. The molecule has 0 saturated heterocycles. The molecule has 0 amide bonds. The minimum atomic E-state index is 0.0950. The van der Waals surface area contributed by atoms with Crippen molar-refractivity contribution in [2.24, 2.45) is 10.8 Å². The second kappa shape index (κ2) is 5.47. The second-order valence-electron chi connectivity index (χ2n) is 7.05. The topological polar surface area (TPSA) is 3.24 Å².